The maximum atomic E-state index is 11.5. The molecular formula is C11H17N3O3. The fraction of sp³-hybridized carbons (Fsp3) is 0.455. The van der Waals surface area contributed by atoms with E-state index in [9.17, 15) is 9.59 Å². The van der Waals surface area contributed by atoms with E-state index < -0.39 is 11.9 Å². The molecule has 2 atom stereocenters. The SMILES string of the molecule is CC(Cc1ccco1)NC(=O)C(N)CC(N)=O. The van der Waals surface area contributed by atoms with Crippen LogP contribution in [0.15, 0.2) is 22.8 Å². The zero-order valence-electron chi connectivity index (χ0n) is 9.68. The second-order valence-electron chi connectivity index (χ2n) is 3.97. The molecule has 0 bridgehead atoms. The lowest BCUT2D eigenvalue weighted by atomic mass is 10.1. The summed E-state index contributed by atoms with van der Waals surface area (Å²) < 4.78 is 5.15. The summed E-state index contributed by atoms with van der Waals surface area (Å²) >= 11 is 0. The molecule has 0 saturated carbocycles. The minimum atomic E-state index is -0.897. The molecule has 2 amide bonds. The van der Waals surface area contributed by atoms with Crippen LogP contribution in [0.5, 0.6) is 0 Å². The van der Waals surface area contributed by atoms with Gasteiger partial charge in [0, 0.05) is 12.5 Å². The van der Waals surface area contributed by atoms with E-state index in [2.05, 4.69) is 5.32 Å². The molecule has 0 aliphatic carbocycles. The van der Waals surface area contributed by atoms with Crippen LogP contribution in [0, 0.1) is 0 Å². The summed E-state index contributed by atoms with van der Waals surface area (Å²) in [4.78, 5) is 22.1. The van der Waals surface area contributed by atoms with Crippen molar-refractivity contribution in [3.05, 3.63) is 24.2 Å². The second kappa shape index (κ2) is 6.05. The molecule has 0 saturated heterocycles. The zero-order chi connectivity index (χ0) is 12.8. The number of carbonyl (C=O) groups excluding carboxylic acids is 2. The molecule has 94 valence electrons. The van der Waals surface area contributed by atoms with Crippen LogP contribution in [0.25, 0.3) is 0 Å². The van der Waals surface area contributed by atoms with Crippen LogP contribution in [0.1, 0.15) is 19.1 Å². The Kier molecular flexibility index (Phi) is 4.71. The molecule has 1 aromatic heterocycles. The summed E-state index contributed by atoms with van der Waals surface area (Å²) in [5, 5.41) is 2.69. The molecule has 0 fully saturated rings. The first-order chi connectivity index (χ1) is 7.99. The van der Waals surface area contributed by atoms with Crippen molar-refractivity contribution in [2.45, 2.75) is 31.8 Å². The minimum Gasteiger partial charge on any atom is -0.469 e. The molecule has 1 rings (SSSR count). The van der Waals surface area contributed by atoms with Crippen LogP contribution in [-0.2, 0) is 16.0 Å². The number of furan rings is 1. The number of hydrogen-bond donors (Lipinski definition) is 3. The Bertz CT molecular complexity index is 375. The van der Waals surface area contributed by atoms with Gasteiger partial charge in [0.05, 0.1) is 18.7 Å². The molecule has 1 heterocycles. The predicted molar refractivity (Wildman–Crippen MR) is 61.8 cm³/mol. The molecule has 0 aliphatic rings. The molecule has 0 aliphatic heterocycles. The summed E-state index contributed by atoms with van der Waals surface area (Å²) in [5.41, 5.74) is 10.5. The van der Waals surface area contributed by atoms with E-state index in [-0.39, 0.29) is 18.4 Å². The van der Waals surface area contributed by atoms with E-state index in [0.717, 1.165) is 5.76 Å². The fourth-order valence-electron chi connectivity index (χ4n) is 1.44. The van der Waals surface area contributed by atoms with Gasteiger partial charge in [-0.05, 0) is 19.1 Å². The van der Waals surface area contributed by atoms with Crippen molar-refractivity contribution < 1.29 is 14.0 Å². The Balaban J connectivity index is 2.37. The summed E-state index contributed by atoms with van der Waals surface area (Å²) in [6.07, 6.45) is 1.99. The zero-order valence-corrected chi connectivity index (χ0v) is 9.68. The molecule has 5 N–H and O–H groups in total. The Hall–Kier alpha value is -1.82. The summed E-state index contributed by atoms with van der Waals surface area (Å²) in [5.74, 6) is -0.199. The van der Waals surface area contributed by atoms with E-state index in [1.54, 1.807) is 12.3 Å². The topological polar surface area (TPSA) is 111 Å². The molecule has 2 unspecified atom stereocenters. The highest BCUT2D eigenvalue weighted by molar-refractivity contribution is 5.87. The highest BCUT2D eigenvalue weighted by Crippen LogP contribution is 2.04. The first-order valence-corrected chi connectivity index (χ1v) is 5.35. The lowest BCUT2D eigenvalue weighted by Gasteiger charge is -2.15. The van der Waals surface area contributed by atoms with Gasteiger partial charge in [0.15, 0.2) is 0 Å². The molecule has 6 heteroatoms. The van der Waals surface area contributed by atoms with Crippen LogP contribution < -0.4 is 16.8 Å². The van der Waals surface area contributed by atoms with Gasteiger partial charge in [-0.15, -0.1) is 0 Å². The van der Waals surface area contributed by atoms with E-state index in [1.807, 2.05) is 13.0 Å². The molecular weight excluding hydrogens is 222 g/mol. The van der Waals surface area contributed by atoms with Gasteiger partial charge in [0.2, 0.25) is 11.8 Å². The Labute approximate surface area is 99.3 Å². The monoisotopic (exact) mass is 239 g/mol. The minimum absolute atomic E-state index is 0.118. The smallest absolute Gasteiger partial charge is 0.237 e. The largest absolute Gasteiger partial charge is 0.469 e. The van der Waals surface area contributed by atoms with E-state index in [1.165, 1.54) is 0 Å². The lowest BCUT2D eigenvalue weighted by Crippen LogP contribution is -2.46. The average molecular weight is 239 g/mol. The van der Waals surface area contributed by atoms with Crippen molar-refractivity contribution in [3.8, 4) is 0 Å². The van der Waals surface area contributed by atoms with Gasteiger partial charge in [-0.25, -0.2) is 0 Å². The third-order valence-corrected chi connectivity index (χ3v) is 2.23. The Morgan fingerprint density at radius 2 is 2.24 bits per heavy atom. The number of carbonyl (C=O) groups is 2. The van der Waals surface area contributed by atoms with Gasteiger partial charge in [-0.2, -0.15) is 0 Å². The standard InChI is InChI=1S/C11H17N3O3/c1-7(5-8-3-2-4-17-8)14-11(16)9(12)6-10(13)15/h2-4,7,9H,5-6,12H2,1H3,(H2,13,15)(H,14,16). The summed E-state index contributed by atoms with van der Waals surface area (Å²) in [7, 11) is 0. The number of amides is 2. The third kappa shape index (κ3) is 4.69. The maximum absolute atomic E-state index is 11.5. The molecule has 17 heavy (non-hydrogen) atoms. The molecule has 0 aromatic carbocycles. The van der Waals surface area contributed by atoms with Gasteiger partial charge in [-0.1, -0.05) is 0 Å². The molecule has 0 radical (unpaired) electrons. The van der Waals surface area contributed by atoms with Crippen molar-refractivity contribution in [1.82, 2.24) is 5.32 Å². The van der Waals surface area contributed by atoms with Crippen LogP contribution in [0.4, 0.5) is 0 Å². The fourth-order valence-corrected chi connectivity index (χ4v) is 1.44. The Morgan fingerprint density at radius 1 is 1.53 bits per heavy atom. The maximum Gasteiger partial charge on any atom is 0.237 e. The lowest BCUT2D eigenvalue weighted by molar-refractivity contribution is -0.126. The van der Waals surface area contributed by atoms with Crippen LogP contribution >= 0.6 is 0 Å². The summed E-state index contributed by atoms with van der Waals surface area (Å²) in [6.45, 7) is 1.83. The Morgan fingerprint density at radius 3 is 2.76 bits per heavy atom. The normalized spacial score (nSPS) is 14.0. The van der Waals surface area contributed by atoms with Gasteiger partial charge in [-0.3, -0.25) is 9.59 Å². The van der Waals surface area contributed by atoms with Crippen molar-refractivity contribution in [1.29, 1.82) is 0 Å². The number of primary amides is 1. The number of hydrogen-bond acceptors (Lipinski definition) is 4. The average Bonchev–Trinajstić information content (AvgIpc) is 2.68. The van der Waals surface area contributed by atoms with Crippen molar-refractivity contribution >= 4 is 11.8 Å². The first kappa shape index (κ1) is 13.2. The molecule has 0 spiro atoms. The molecule has 1 aromatic rings. The third-order valence-electron chi connectivity index (χ3n) is 2.23. The van der Waals surface area contributed by atoms with Crippen LogP contribution in [0.3, 0.4) is 0 Å². The van der Waals surface area contributed by atoms with Gasteiger partial charge in [0.1, 0.15) is 5.76 Å². The highest BCUT2D eigenvalue weighted by atomic mass is 16.3. The first-order valence-electron chi connectivity index (χ1n) is 5.35. The van der Waals surface area contributed by atoms with E-state index >= 15 is 0 Å². The van der Waals surface area contributed by atoms with Crippen LogP contribution in [0.2, 0.25) is 0 Å². The van der Waals surface area contributed by atoms with Gasteiger partial charge >= 0.3 is 0 Å². The number of rotatable bonds is 6. The van der Waals surface area contributed by atoms with E-state index in [4.69, 9.17) is 15.9 Å². The quantitative estimate of drug-likeness (QED) is 0.623. The van der Waals surface area contributed by atoms with Crippen molar-refractivity contribution in [2.75, 3.05) is 0 Å². The summed E-state index contributed by atoms with van der Waals surface area (Å²) in [6, 6.07) is 2.59. The van der Waals surface area contributed by atoms with Crippen LogP contribution in [-0.4, -0.2) is 23.9 Å². The van der Waals surface area contributed by atoms with Crippen molar-refractivity contribution in [2.24, 2.45) is 11.5 Å². The number of nitrogens with two attached hydrogens (primary N) is 2. The van der Waals surface area contributed by atoms with Gasteiger partial charge < -0.3 is 21.2 Å². The highest BCUT2D eigenvalue weighted by Gasteiger charge is 2.18. The molecule has 6 nitrogen and oxygen atoms in total. The number of nitrogens with one attached hydrogen (secondary N) is 1. The predicted octanol–water partition coefficient (Wildman–Crippen LogP) is -0.470. The van der Waals surface area contributed by atoms with E-state index in [0.29, 0.717) is 6.42 Å². The second-order valence-corrected chi connectivity index (χ2v) is 3.97. The van der Waals surface area contributed by atoms with Crippen molar-refractivity contribution in [3.63, 3.8) is 0 Å². The van der Waals surface area contributed by atoms with Gasteiger partial charge in [0.25, 0.3) is 0 Å².